The summed E-state index contributed by atoms with van der Waals surface area (Å²) in [6.07, 6.45) is 0.314. The van der Waals surface area contributed by atoms with E-state index in [1.54, 1.807) is 14.2 Å². The minimum Gasteiger partial charge on any atom is -0.481 e. The maximum atomic E-state index is 9.00. The average molecular weight is 208 g/mol. The highest BCUT2D eigenvalue weighted by molar-refractivity contribution is 5.62. The van der Waals surface area contributed by atoms with Crippen LogP contribution in [0.2, 0.25) is 0 Å². The first-order valence-corrected chi connectivity index (χ1v) is 4.33. The second-order valence-electron chi connectivity index (χ2n) is 2.68. The number of carboxylic acid groups (broad SMARTS) is 1. The van der Waals surface area contributed by atoms with Gasteiger partial charge in [-0.05, 0) is 6.92 Å². The van der Waals surface area contributed by atoms with Gasteiger partial charge in [0.25, 0.3) is 5.97 Å². The molecule has 1 aliphatic heterocycles. The molecule has 1 rings (SSSR count). The minimum atomic E-state index is -0.833. The van der Waals surface area contributed by atoms with Gasteiger partial charge in [0.05, 0.1) is 25.9 Å². The number of methoxy groups -OCH3 is 1. The summed E-state index contributed by atoms with van der Waals surface area (Å²) in [6, 6.07) is 0. The first kappa shape index (κ1) is 15.8. The van der Waals surface area contributed by atoms with Crippen LogP contribution in [0.4, 0.5) is 0 Å². The fourth-order valence-electron chi connectivity index (χ4n) is 0.606. The summed E-state index contributed by atoms with van der Waals surface area (Å²) in [5.74, 6) is -0.833. The number of hydrogen-bond donors (Lipinski definition) is 1. The first-order chi connectivity index (χ1) is 6.54. The topological polar surface area (TPSA) is 65.0 Å². The van der Waals surface area contributed by atoms with Gasteiger partial charge in [0, 0.05) is 21.1 Å². The molecule has 0 bridgehead atoms. The zero-order chi connectivity index (χ0) is 11.4. The molecule has 5 nitrogen and oxygen atoms in total. The van der Waals surface area contributed by atoms with Crippen molar-refractivity contribution < 1.29 is 24.1 Å². The van der Waals surface area contributed by atoms with Gasteiger partial charge in [0.1, 0.15) is 0 Å². The van der Waals surface area contributed by atoms with Crippen LogP contribution in [0.15, 0.2) is 0 Å². The lowest BCUT2D eigenvalue weighted by atomic mass is 10.4. The third-order valence-corrected chi connectivity index (χ3v) is 0.983. The molecule has 1 fully saturated rings. The SMILES string of the molecule is CC(=O)O.CC1COCCO1.COC. The first-order valence-electron chi connectivity index (χ1n) is 4.33. The lowest BCUT2D eigenvalue weighted by molar-refractivity contribution is -0.134. The Hall–Kier alpha value is -0.650. The van der Waals surface area contributed by atoms with E-state index in [-0.39, 0.29) is 0 Å². The molecule has 0 aromatic rings. The number of aliphatic carboxylic acids is 1. The number of hydrogen-bond acceptors (Lipinski definition) is 4. The van der Waals surface area contributed by atoms with Crippen LogP contribution < -0.4 is 0 Å². The highest BCUT2D eigenvalue weighted by atomic mass is 16.6. The van der Waals surface area contributed by atoms with Crippen LogP contribution in [0, 0.1) is 0 Å². The van der Waals surface area contributed by atoms with Gasteiger partial charge in [0.2, 0.25) is 0 Å². The van der Waals surface area contributed by atoms with Crippen molar-refractivity contribution in [1.82, 2.24) is 0 Å². The number of rotatable bonds is 0. The van der Waals surface area contributed by atoms with E-state index < -0.39 is 5.97 Å². The van der Waals surface area contributed by atoms with Crippen molar-refractivity contribution >= 4 is 5.97 Å². The van der Waals surface area contributed by atoms with Crippen LogP contribution in [-0.2, 0) is 19.0 Å². The molecule has 5 heteroatoms. The Balaban J connectivity index is 0. The van der Waals surface area contributed by atoms with Gasteiger partial charge in [0.15, 0.2) is 0 Å². The molecule has 0 amide bonds. The molecule has 1 atom stereocenters. The van der Waals surface area contributed by atoms with Crippen molar-refractivity contribution in [2.75, 3.05) is 34.0 Å². The lowest BCUT2D eigenvalue weighted by Crippen LogP contribution is -2.25. The van der Waals surface area contributed by atoms with E-state index in [2.05, 4.69) is 4.74 Å². The average Bonchev–Trinajstić information content (AvgIpc) is 2.05. The minimum absolute atomic E-state index is 0.314. The zero-order valence-corrected chi connectivity index (χ0v) is 9.28. The Morgan fingerprint density at radius 3 is 2.00 bits per heavy atom. The molecular formula is C9H20O5. The highest BCUT2D eigenvalue weighted by Crippen LogP contribution is 1.96. The van der Waals surface area contributed by atoms with Crippen molar-refractivity contribution in [3.8, 4) is 0 Å². The second kappa shape index (κ2) is 12.3. The van der Waals surface area contributed by atoms with E-state index in [1.807, 2.05) is 6.92 Å². The molecule has 1 unspecified atom stereocenters. The molecular weight excluding hydrogens is 188 g/mol. The molecule has 14 heavy (non-hydrogen) atoms. The van der Waals surface area contributed by atoms with Crippen LogP contribution in [0.5, 0.6) is 0 Å². The molecule has 0 spiro atoms. The quantitative estimate of drug-likeness (QED) is 0.637. The maximum absolute atomic E-state index is 9.00. The zero-order valence-electron chi connectivity index (χ0n) is 9.28. The Morgan fingerprint density at radius 1 is 1.43 bits per heavy atom. The van der Waals surface area contributed by atoms with Gasteiger partial charge in [-0.15, -0.1) is 0 Å². The predicted molar refractivity (Wildman–Crippen MR) is 52.5 cm³/mol. The van der Waals surface area contributed by atoms with E-state index in [0.717, 1.165) is 26.7 Å². The van der Waals surface area contributed by atoms with Crippen molar-refractivity contribution in [2.24, 2.45) is 0 Å². The van der Waals surface area contributed by atoms with E-state index in [1.165, 1.54) is 0 Å². The Morgan fingerprint density at radius 2 is 1.86 bits per heavy atom. The van der Waals surface area contributed by atoms with Gasteiger partial charge in [-0.25, -0.2) is 0 Å². The van der Waals surface area contributed by atoms with Gasteiger partial charge >= 0.3 is 0 Å². The van der Waals surface area contributed by atoms with E-state index >= 15 is 0 Å². The summed E-state index contributed by atoms with van der Waals surface area (Å²) in [7, 11) is 3.25. The number of carbonyl (C=O) groups is 1. The Kier molecular flexibility index (Phi) is 13.9. The normalized spacial score (nSPS) is 19.6. The molecule has 0 saturated carbocycles. The Bertz CT molecular complexity index is 116. The summed E-state index contributed by atoms with van der Waals surface area (Å²) in [6.45, 7) is 5.39. The molecule has 1 saturated heterocycles. The molecule has 0 radical (unpaired) electrons. The van der Waals surface area contributed by atoms with Gasteiger partial charge < -0.3 is 19.3 Å². The lowest BCUT2D eigenvalue weighted by Gasteiger charge is -2.18. The standard InChI is InChI=1S/C5H10O2.C2H4O2.C2H6O/c1-5-4-6-2-3-7-5;1-2(3)4;1-3-2/h5H,2-4H2,1H3;1H3,(H,3,4);1-2H3. The third kappa shape index (κ3) is 22.5. The maximum Gasteiger partial charge on any atom is 0.300 e. The molecule has 0 aromatic heterocycles. The summed E-state index contributed by atoms with van der Waals surface area (Å²) < 4.78 is 14.5. The third-order valence-electron chi connectivity index (χ3n) is 0.983. The van der Waals surface area contributed by atoms with Crippen molar-refractivity contribution in [2.45, 2.75) is 20.0 Å². The van der Waals surface area contributed by atoms with Gasteiger partial charge in [-0.1, -0.05) is 0 Å². The van der Waals surface area contributed by atoms with E-state index in [4.69, 9.17) is 19.4 Å². The fraction of sp³-hybridized carbons (Fsp3) is 0.889. The van der Waals surface area contributed by atoms with Crippen LogP contribution >= 0.6 is 0 Å². The van der Waals surface area contributed by atoms with Crippen molar-refractivity contribution in [1.29, 1.82) is 0 Å². The molecule has 0 aliphatic carbocycles. The Labute approximate surface area is 85.0 Å². The highest BCUT2D eigenvalue weighted by Gasteiger charge is 2.06. The van der Waals surface area contributed by atoms with Gasteiger partial charge in [-0.3, -0.25) is 4.79 Å². The van der Waals surface area contributed by atoms with Crippen LogP contribution in [0.1, 0.15) is 13.8 Å². The number of carboxylic acids is 1. The second-order valence-corrected chi connectivity index (χ2v) is 2.68. The van der Waals surface area contributed by atoms with Crippen molar-refractivity contribution in [3.63, 3.8) is 0 Å². The summed E-state index contributed by atoms with van der Waals surface area (Å²) in [5, 5.41) is 7.42. The molecule has 1 N–H and O–H groups in total. The van der Waals surface area contributed by atoms with E-state index in [9.17, 15) is 0 Å². The smallest absolute Gasteiger partial charge is 0.300 e. The summed E-state index contributed by atoms with van der Waals surface area (Å²) in [5.41, 5.74) is 0. The molecule has 0 aromatic carbocycles. The number of ether oxygens (including phenoxy) is 3. The molecule has 1 heterocycles. The summed E-state index contributed by atoms with van der Waals surface area (Å²) >= 11 is 0. The predicted octanol–water partition coefficient (Wildman–Crippen LogP) is 0.775. The summed E-state index contributed by atoms with van der Waals surface area (Å²) in [4.78, 5) is 9.00. The molecule has 86 valence electrons. The van der Waals surface area contributed by atoms with Crippen LogP contribution in [-0.4, -0.2) is 51.2 Å². The largest absolute Gasteiger partial charge is 0.481 e. The monoisotopic (exact) mass is 208 g/mol. The van der Waals surface area contributed by atoms with Crippen LogP contribution in [0.3, 0.4) is 0 Å². The van der Waals surface area contributed by atoms with E-state index in [0.29, 0.717) is 6.10 Å². The van der Waals surface area contributed by atoms with Gasteiger partial charge in [-0.2, -0.15) is 0 Å². The van der Waals surface area contributed by atoms with Crippen LogP contribution in [0.25, 0.3) is 0 Å². The van der Waals surface area contributed by atoms with Crippen molar-refractivity contribution in [3.05, 3.63) is 0 Å². The molecule has 1 aliphatic rings. The fourth-order valence-corrected chi connectivity index (χ4v) is 0.606.